The molecule has 1 aromatic rings. The van der Waals surface area contributed by atoms with Crippen molar-refractivity contribution in [2.24, 2.45) is 5.92 Å². The number of carbonyl (C=O) groups excluding carboxylic acids is 1. The number of carbonyl (C=O) groups is 1. The lowest BCUT2D eigenvalue weighted by atomic mass is 9.83. The molecular weight excluding hydrogens is 252 g/mol. The van der Waals surface area contributed by atoms with Crippen molar-refractivity contribution < 1.29 is 14.6 Å². The molecule has 1 atom stereocenters. The average molecular weight is 276 g/mol. The highest BCUT2D eigenvalue weighted by Gasteiger charge is 2.40. The summed E-state index contributed by atoms with van der Waals surface area (Å²) < 4.78 is 5.30. The van der Waals surface area contributed by atoms with Crippen LogP contribution in [0.1, 0.15) is 51.0 Å². The van der Waals surface area contributed by atoms with Crippen LogP contribution in [0.15, 0.2) is 30.3 Å². The topological polar surface area (TPSA) is 46.5 Å². The van der Waals surface area contributed by atoms with Gasteiger partial charge in [0.1, 0.15) is 6.61 Å². The summed E-state index contributed by atoms with van der Waals surface area (Å²) in [5.41, 5.74) is -0.420. The summed E-state index contributed by atoms with van der Waals surface area (Å²) in [6.45, 7) is 1.83. The summed E-state index contributed by atoms with van der Waals surface area (Å²) in [6, 6.07) is 9.56. The minimum absolute atomic E-state index is 0.0215. The van der Waals surface area contributed by atoms with Crippen LogP contribution < -0.4 is 0 Å². The third kappa shape index (κ3) is 3.83. The van der Waals surface area contributed by atoms with Gasteiger partial charge in [0.05, 0.1) is 0 Å². The van der Waals surface area contributed by atoms with E-state index in [4.69, 9.17) is 4.74 Å². The summed E-state index contributed by atoms with van der Waals surface area (Å²) in [6.07, 6.45) is 6.40. The molecule has 0 aliphatic heterocycles. The van der Waals surface area contributed by atoms with Gasteiger partial charge in [0, 0.05) is 0 Å². The highest BCUT2D eigenvalue weighted by Crippen LogP contribution is 2.32. The number of aliphatic hydroxyl groups is 1. The molecule has 2 rings (SSSR count). The molecule has 1 aromatic carbocycles. The van der Waals surface area contributed by atoms with Crippen molar-refractivity contribution in [3.05, 3.63) is 35.9 Å². The SMILES string of the molecule is CC(O)(C(=O)OCc1ccccc1)C1CCCCCC1. The maximum absolute atomic E-state index is 12.2. The normalized spacial score (nSPS) is 19.9. The second kappa shape index (κ2) is 6.89. The van der Waals surface area contributed by atoms with E-state index in [2.05, 4.69) is 0 Å². The van der Waals surface area contributed by atoms with Gasteiger partial charge in [0.15, 0.2) is 5.60 Å². The van der Waals surface area contributed by atoms with E-state index in [0.29, 0.717) is 0 Å². The fourth-order valence-corrected chi connectivity index (χ4v) is 2.88. The lowest BCUT2D eigenvalue weighted by Crippen LogP contribution is -2.44. The van der Waals surface area contributed by atoms with Crippen LogP contribution in [-0.4, -0.2) is 16.7 Å². The molecule has 1 N–H and O–H groups in total. The molecule has 110 valence electrons. The first-order valence-electron chi connectivity index (χ1n) is 7.54. The van der Waals surface area contributed by atoms with Crippen molar-refractivity contribution in [2.45, 2.75) is 57.7 Å². The monoisotopic (exact) mass is 276 g/mol. The zero-order chi connectivity index (χ0) is 14.4. The van der Waals surface area contributed by atoms with Gasteiger partial charge >= 0.3 is 5.97 Å². The summed E-state index contributed by atoms with van der Waals surface area (Å²) in [4.78, 5) is 12.2. The molecule has 1 fully saturated rings. The van der Waals surface area contributed by atoms with Gasteiger partial charge in [-0.25, -0.2) is 4.79 Å². The molecule has 1 aliphatic rings. The van der Waals surface area contributed by atoms with E-state index in [1.807, 2.05) is 30.3 Å². The fourth-order valence-electron chi connectivity index (χ4n) is 2.88. The second-order valence-electron chi connectivity index (χ2n) is 5.90. The quantitative estimate of drug-likeness (QED) is 0.677. The van der Waals surface area contributed by atoms with Crippen LogP contribution in [-0.2, 0) is 16.1 Å². The summed E-state index contributed by atoms with van der Waals surface area (Å²) in [5, 5.41) is 10.5. The molecule has 0 heterocycles. The van der Waals surface area contributed by atoms with Crippen LogP contribution in [0.5, 0.6) is 0 Å². The molecule has 1 aliphatic carbocycles. The van der Waals surface area contributed by atoms with Crippen molar-refractivity contribution in [1.29, 1.82) is 0 Å². The number of benzene rings is 1. The van der Waals surface area contributed by atoms with Crippen molar-refractivity contribution in [2.75, 3.05) is 0 Å². The lowest BCUT2D eigenvalue weighted by Gasteiger charge is -2.30. The van der Waals surface area contributed by atoms with E-state index in [1.165, 1.54) is 12.8 Å². The van der Waals surface area contributed by atoms with Gasteiger partial charge in [-0.15, -0.1) is 0 Å². The first kappa shape index (κ1) is 15.0. The van der Waals surface area contributed by atoms with E-state index in [9.17, 15) is 9.90 Å². The Bertz CT molecular complexity index is 417. The fraction of sp³-hybridized carbons (Fsp3) is 0.588. The highest BCUT2D eigenvalue weighted by atomic mass is 16.5. The van der Waals surface area contributed by atoms with Gasteiger partial charge < -0.3 is 9.84 Å². The minimum atomic E-state index is -1.36. The van der Waals surface area contributed by atoms with Gasteiger partial charge in [0.2, 0.25) is 0 Å². The van der Waals surface area contributed by atoms with Gasteiger partial charge in [-0.1, -0.05) is 56.0 Å². The highest BCUT2D eigenvalue weighted by molar-refractivity contribution is 5.79. The maximum Gasteiger partial charge on any atom is 0.338 e. The molecule has 0 amide bonds. The van der Waals surface area contributed by atoms with Gasteiger partial charge in [0.25, 0.3) is 0 Å². The lowest BCUT2D eigenvalue weighted by molar-refractivity contribution is -0.171. The Hall–Kier alpha value is -1.35. The van der Waals surface area contributed by atoms with Crippen LogP contribution in [0.2, 0.25) is 0 Å². The molecule has 0 aromatic heterocycles. The molecule has 0 bridgehead atoms. The minimum Gasteiger partial charge on any atom is -0.459 e. The predicted octanol–water partition coefficient (Wildman–Crippen LogP) is 3.45. The number of hydrogen-bond acceptors (Lipinski definition) is 3. The van der Waals surface area contributed by atoms with E-state index < -0.39 is 11.6 Å². The molecule has 1 unspecified atom stereocenters. The zero-order valence-corrected chi connectivity index (χ0v) is 12.2. The summed E-state index contributed by atoms with van der Waals surface area (Å²) >= 11 is 0. The number of hydrogen-bond donors (Lipinski definition) is 1. The Morgan fingerprint density at radius 3 is 2.40 bits per heavy atom. The largest absolute Gasteiger partial charge is 0.459 e. The van der Waals surface area contributed by atoms with E-state index in [1.54, 1.807) is 6.92 Å². The van der Waals surface area contributed by atoms with Gasteiger partial charge in [-0.05, 0) is 31.2 Å². The molecule has 0 saturated heterocycles. The van der Waals surface area contributed by atoms with Crippen LogP contribution in [0.3, 0.4) is 0 Å². The van der Waals surface area contributed by atoms with Crippen molar-refractivity contribution in [3.63, 3.8) is 0 Å². The van der Waals surface area contributed by atoms with Crippen LogP contribution in [0, 0.1) is 5.92 Å². The molecule has 20 heavy (non-hydrogen) atoms. The summed E-state index contributed by atoms with van der Waals surface area (Å²) in [7, 11) is 0. The zero-order valence-electron chi connectivity index (χ0n) is 12.2. The van der Waals surface area contributed by atoms with Crippen molar-refractivity contribution >= 4 is 5.97 Å². The maximum atomic E-state index is 12.2. The first-order chi connectivity index (χ1) is 9.60. The Balaban J connectivity index is 1.92. The van der Waals surface area contributed by atoms with Gasteiger partial charge in [-0.3, -0.25) is 0 Å². The molecule has 0 radical (unpaired) electrons. The Kier molecular flexibility index (Phi) is 5.18. The van der Waals surface area contributed by atoms with Crippen molar-refractivity contribution in [3.8, 4) is 0 Å². The van der Waals surface area contributed by atoms with Crippen LogP contribution in [0.4, 0.5) is 0 Å². The first-order valence-corrected chi connectivity index (χ1v) is 7.54. The van der Waals surface area contributed by atoms with E-state index in [0.717, 1.165) is 31.2 Å². The molecular formula is C17H24O3. The third-order valence-electron chi connectivity index (χ3n) is 4.28. The molecule has 3 nitrogen and oxygen atoms in total. The Morgan fingerprint density at radius 1 is 1.20 bits per heavy atom. The van der Waals surface area contributed by atoms with E-state index >= 15 is 0 Å². The van der Waals surface area contributed by atoms with Crippen LogP contribution >= 0.6 is 0 Å². The molecule has 3 heteroatoms. The standard InChI is InChI=1S/C17H24O3/c1-17(19,15-11-7-2-3-8-12-15)16(18)20-13-14-9-5-4-6-10-14/h4-6,9-10,15,19H,2-3,7-8,11-13H2,1H3. The van der Waals surface area contributed by atoms with E-state index in [-0.39, 0.29) is 12.5 Å². The molecule has 0 spiro atoms. The third-order valence-corrected chi connectivity index (χ3v) is 4.28. The Morgan fingerprint density at radius 2 is 1.80 bits per heavy atom. The number of rotatable bonds is 4. The van der Waals surface area contributed by atoms with Crippen molar-refractivity contribution in [1.82, 2.24) is 0 Å². The summed E-state index contributed by atoms with van der Waals surface area (Å²) in [5.74, 6) is -0.471. The predicted molar refractivity (Wildman–Crippen MR) is 78.1 cm³/mol. The van der Waals surface area contributed by atoms with Crippen LogP contribution in [0.25, 0.3) is 0 Å². The smallest absolute Gasteiger partial charge is 0.338 e. The number of ether oxygens (including phenoxy) is 1. The van der Waals surface area contributed by atoms with Gasteiger partial charge in [-0.2, -0.15) is 0 Å². The molecule has 1 saturated carbocycles. The Labute approximate surface area is 121 Å². The second-order valence-corrected chi connectivity index (χ2v) is 5.90. The average Bonchev–Trinajstić information content (AvgIpc) is 2.75. The number of esters is 1.